The predicted molar refractivity (Wildman–Crippen MR) is 38.1 cm³/mol. The summed E-state index contributed by atoms with van der Waals surface area (Å²) in [6, 6.07) is -0.407. The van der Waals surface area contributed by atoms with E-state index in [1.807, 2.05) is 0 Å². The number of hydrogen-bond donors (Lipinski definition) is 1. The van der Waals surface area contributed by atoms with E-state index in [9.17, 15) is 4.79 Å². The molecule has 0 aliphatic carbocycles. The summed E-state index contributed by atoms with van der Waals surface area (Å²) in [5.74, 6) is 0. The van der Waals surface area contributed by atoms with E-state index in [-0.39, 0.29) is 0 Å². The molecule has 0 aromatic rings. The maximum absolute atomic E-state index is 9.85. The van der Waals surface area contributed by atoms with Crippen molar-refractivity contribution in [2.75, 3.05) is 0 Å². The van der Waals surface area contributed by atoms with Gasteiger partial charge in [0.1, 0.15) is 0 Å². The molecule has 55 valence electrons. The molecule has 10 heavy (non-hydrogen) atoms. The van der Waals surface area contributed by atoms with E-state index in [0.29, 0.717) is 11.5 Å². The fourth-order valence-electron chi connectivity index (χ4n) is 0.534. The standard InChI is InChI=1S/C7H10NO2/c1-3-5-7(4-2)8(10)6-9/h3-4,7,10H,1-2,5H2. The number of hydroxylamine groups is 2. The summed E-state index contributed by atoms with van der Waals surface area (Å²) in [7, 11) is 0. The van der Waals surface area contributed by atoms with E-state index in [4.69, 9.17) is 5.21 Å². The Bertz CT molecular complexity index is 134. The summed E-state index contributed by atoms with van der Waals surface area (Å²) in [5, 5.41) is 9.18. The molecule has 0 fully saturated rings. The van der Waals surface area contributed by atoms with Crippen LogP contribution in [0, 0.1) is 0 Å². The molecule has 1 atom stereocenters. The van der Waals surface area contributed by atoms with Gasteiger partial charge in [-0.05, 0) is 6.42 Å². The molecule has 1 amide bonds. The van der Waals surface area contributed by atoms with E-state index in [2.05, 4.69) is 13.2 Å². The summed E-state index contributed by atoms with van der Waals surface area (Å²) in [5.41, 5.74) is 0. The maximum atomic E-state index is 9.85. The molecule has 0 saturated heterocycles. The highest BCUT2D eigenvalue weighted by molar-refractivity contribution is 5.47. The van der Waals surface area contributed by atoms with Crippen LogP contribution >= 0.6 is 0 Å². The van der Waals surface area contributed by atoms with E-state index in [0.717, 1.165) is 0 Å². The first-order valence-corrected chi connectivity index (χ1v) is 2.85. The summed E-state index contributed by atoms with van der Waals surface area (Å²) >= 11 is 0. The lowest BCUT2D eigenvalue weighted by molar-refractivity contribution is -0.0394. The monoisotopic (exact) mass is 140 g/mol. The zero-order valence-corrected chi connectivity index (χ0v) is 5.66. The van der Waals surface area contributed by atoms with Gasteiger partial charge in [-0.25, -0.2) is 5.06 Å². The molecule has 3 heteroatoms. The Labute approximate surface area is 60.2 Å². The predicted octanol–water partition coefficient (Wildman–Crippen LogP) is 0.875. The van der Waals surface area contributed by atoms with E-state index in [1.165, 1.54) is 12.5 Å². The van der Waals surface area contributed by atoms with Crippen LogP contribution in [0.5, 0.6) is 0 Å². The van der Waals surface area contributed by atoms with Crippen LogP contribution in [0.2, 0.25) is 0 Å². The normalized spacial score (nSPS) is 11.7. The first kappa shape index (κ1) is 8.91. The lowest BCUT2D eigenvalue weighted by Crippen LogP contribution is -2.28. The molecule has 3 nitrogen and oxygen atoms in total. The topological polar surface area (TPSA) is 40.5 Å². The average molecular weight is 140 g/mol. The number of nitrogens with zero attached hydrogens (tertiary/aromatic N) is 1. The third kappa shape index (κ3) is 2.46. The first-order valence-electron chi connectivity index (χ1n) is 2.85. The third-order valence-corrected chi connectivity index (χ3v) is 1.09. The highest BCUT2D eigenvalue weighted by Gasteiger charge is 2.08. The number of amides is 1. The molecular formula is C7H10NO2. The molecule has 1 unspecified atom stereocenters. The molecule has 0 aromatic heterocycles. The van der Waals surface area contributed by atoms with Crippen molar-refractivity contribution in [2.45, 2.75) is 12.5 Å². The summed E-state index contributed by atoms with van der Waals surface area (Å²) < 4.78 is 0. The van der Waals surface area contributed by atoms with Gasteiger partial charge in [-0.3, -0.25) is 10.0 Å². The van der Waals surface area contributed by atoms with Crippen LogP contribution < -0.4 is 0 Å². The molecular weight excluding hydrogens is 130 g/mol. The molecule has 0 aromatic carbocycles. The van der Waals surface area contributed by atoms with Crippen LogP contribution in [0.4, 0.5) is 0 Å². The highest BCUT2D eigenvalue weighted by atomic mass is 16.5. The van der Waals surface area contributed by atoms with Gasteiger partial charge >= 0.3 is 6.41 Å². The number of rotatable bonds is 5. The first-order chi connectivity index (χ1) is 4.76. The second kappa shape index (κ2) is 4.76. The van der Waals surface area contributed by atoms with Crippen molar-refractivity contribution in [1.82, 2.24) is 5.06 Å². The van der Waals surface area contributed by atoms with Crippen molar-refractivity contribution in [3.63, 3.8) is 0 Å². The Morgan fingerprint density at radius 2 is 2.30 bits per heavy atom. The summed E-state index contributed by atoms with van der Waals surface area (Å²) in [6.45, 7) is 6.87. The lowest BCUT2D eigenvalue weighted by atomic mass is 10.2. The van der Waals surface area contributed by atoms with Crippen molar-refractivity contribution in [2.24, 2.45) is 0 Å². The molecule has 0 aliphatic rings. The Morgan fingerprint density at radius 1 is 1.70 bits per heavy atom. The van der Waals surface area contributed by atoms with Crippen molar-refractivity contribution >= 4 is 6.41 Å². The van der Waals surface area contributed by atoms with Crippen LogP contribution in [-0.4, -0.2) is 22.7 Å². The molecule has 0 saturated carbocycles. The zero-order chi connectivity index (χ0) is 7.98. The van der Waals surface area contributed by atoms with Crippen LogP contribution in [-0.2, 0) is 4.79 Å². The molecule has 0 aliphatic heterocycles. The van der Waals surface area contributed by atoms with Gasteiger partial charge in [0, 0.05) is 0 Å². The van der Waals surface area contributed by atoms with Crippen molar-refractivity contribution in [3.05, 3.63) is 25.3 Å². The van der Waals surface area contributed by atoms with Crippen LogP contribution in [0.1, 0.15) is 6.42 Å². The number of carbonyl (C=O) groups excluding carboxylic acids is 1. The van der Waals surface area contributed by atoms with Gasteiger partial charge in [0.05, 0.1) is 6.04 Å². The molecule has 1 N–H and O–H groups in total. The van der Waals surface area contributed by atoms with Gasteiger partial charge in [-0.1, -0.05) is 12.2 Å². The van der Waals surface area contributed by atoms with Crippen LogP contribution in [0.25, 0.3) is 0 Å². The minimum atomic E-state index is -0.407. The second-order valence-electron chi connectivity index (χ2n) is 1.76. The minimum absolute atomic E-state index is 0.407. The van der Waals surface area contributed by atoms with Gasteiger partial charge in [-0.15, -0.1) is 13.2 Å². The Morgan fingerprint density at radius 3 is 2.60 bits per heavy atom. The largest absolute Gasteiger partial charge is 0.338 e. The van der Waals surface area contributed by atoms with Gasteiger partial charge in [0.15, 0.2) is 0 Å². The average Bonchev–Trinajstić information content (AvgIpc) is 1.99. The smallest absolute Gasteiger partial charge is 0.285 e. The highest BCUT2D eigenvalue weighted by Crippen LogP contribution is 1.99. The van der Waals surface area contributed by atoms with Crippen LogP contribution in [0.3, 0.4) is 0 Å². The quantitative estimate of drug-likeness (QED) is 0.266. The van der Waals surface area contributed by atoms with Crippen molar-refractivity contribution < 1.29 is 10.0 Å². The Hall–Kier alpha value is -1.09. The maximum Gasteiger partial charge on any atom is 0.338 e. The SMILES string of the molecule is C=CCC(C=C)N(O)[C]=O. The van der Waals surface area contributed by atoms with E-state index < -0.39 is 6.04 Å². The lowest BCUT2D eigenvalue weighted by Gasteiger charge is -2.15. The van der Waals surface area contributed by atoms with Gasteiger partial charge in [0.25, 0.3) is 0 Å². The molecule has 0 bridgehead atoms. The van der Waals surface area contributed by atoms with Gasteiger partial charge in [0.2, 0.25) is 0 Å². The van der Waals surface area contributed by atoms with Gasteiger partial charge in [-0.2, -0.15) is 0 Å². The fraction of sp³-hybridized carbons (Fsp3) is 0.286. The summed E-state index contributed by atoms with van der Waals surface area (Å²) in [4.78, 5) is 9.85. The molecule has 0 rings (SSSR count). The van der Waals surface area contributed by atoms with E-state index >= 15 is 0 Å². The van der Waals surface area contributed by atoms with E-state index in [1.54, 1.807) is 6.08 Å². The molecule has 0 heterocycles. The fourth-order valence-corrected chi connectivity index (χ4v) is 0.534. The third-order valence-electron chi connectivity index (χ3n) is 1.09. The number of hydrogen-bond acceptors (Lipinski definition) is 2. The summed E-state index contributed by atoms with van der Waals surface area (Å²) in [6.07, 6.45) is 4.84. The van der Waals surface area contributed by atoms with Crippen LogP contribution in [0.15, 0.2) is 25.3 Å². The Balaban J connectivity index is 3.90. The Kier molecular flexibility index (Phi) is 4.24. The van der Waals surface area contributed by atoms with Crippen molar-refractivity contribution in [3.8, 4) is 0 Å². The second-order valence-corrected chi connectivity index (χ2v) is 1.76. The van der Waals surface area contributed by atoms with Crippen molar-refractivity contribution in [1.29, 1.82) is 0 Å². The van der Waals surface area contributed by atoms with Gasteiger partial charge < -0.3 is 0 Å². The molecule has 0 spiro atoms. The molecule has 1 radical (unpaired) electrons. The zero-order valence-electron chi connectivity index (χ0n) is 5.66. The minimum Gasteiger partial charge on any atom is -0.285 e.